The van der Waals surface area contributed by atoms with Crippen LogP contribution in [0.3, 0.4) is 0 Å². The van der Waals surface area contributed by atoms with Crippen LogP contribution in [0.15, 0.2) is 28.8 Å². The van der Waals surface area contributed by atoms with Gasteiger partial charge in [-0.1, -0.05) is 11.2 Å². The van der Waals surface area contributed by atoms with Gasteiger partial charge in [-0.2, -0.15) is 0 Å². The van der Waals surface area contributed by atoms with Crippen LogP contribution >= 0.6 is 0 Å². The van der Waals surface area contributed by atoms with Crippen molar-refractivity contribution in [1.82, 2.24) is 5.16 Å². The molecule has 2 aromatic rings. The van der Waals surface area contributed by atoms with Gasteiger partial charge in [-0.3, -0.25) is 4.79 Å². The van der Waals surface area contributed by atoms with E-state index in [9.17, 15) is 4.79 Å². The number of carbonyl (C=O) groups excluding carboxylic acids is 1. The maximum absolute atomic E-state index is 11.8. The van der Waals surface area contributed by atoms with Crippen LogP contribution in [0.4, 0.5) is 11.4 Å². The Balaban J connectivity index is 2.21. The van der Waals surface area contributed by atoms with E-state index >= 15 is 0 Å². The number of nitrogens with two attached hydrogens (primary N) is 1. The van der Waals surface area contributed by atoms with Gasteiger partial charge in [0.1, 0.15) is 5.76 Å². The normalized spacial score (nSPS) is 10.2. The van der Waals surface area contributed by atoms with E-state index < -0.39 is 0 Å². The lowest BCUT2D eigenvalue weighted by molar-refractivity contribution is 0.101. The molecule has 1 aromatic carbocycles. The molecule has 0 atom stereocenters. The molecule has 0 aliphatic rings. The van der Waals surface area contributed by atoms with E-state index in [-0.39, 0.29) is 11.6 Å². The summed E-state index contributed by atoms with van der Waals surface area (Å²) in [7, 11) is 0. The highest BCUT2D eigenvalue weighted by Gasteiger charge is 2.12. The van der Waals surface area contributed by atoms with Gasteiger partial charge in [-0.15, -0.1) is 0 Å². The number of nitrogens with zero attached hydrogens (tertiary/aromatic N) is 1. The van der Waals surface area contributed by atoms with Crippen LogP contribution in [0.2, 0.25) is 0 Å². The molecule has 2 rings (SSSR count). The molecular weight excluding hydrogens is 218 g/mol. The highest BCUT2D eigenvalue weighted by Crippen LogP contribution is 2.20. The number of nitrogens with one attached hydrogen (secondary N) is 1. The smallest absolute Gasteiger partial charge is 0.277 e. The average Bonchev–Trinajstić information content (AvgIpc) is 2.70. The van der Waals surface area contributed by atoms with Crippen LogP contribution in [0, 0.1) is 13.8 Å². The lowest BCUT2D eigenvalue weighted by Crippen LogP contribution is -2.13. The first-order valence-electron chi connectivity index (χ1n) is 5.17. The van der Waals surface area contributed by atoms with E-state index in [1.807, 2.05) is 13.0 Å². The molecule has 0 aliphatic carbocycles. The van der Waals surface area contributed by atoms with Crippen molar-refractivity contribution in [2.24, 2.45) is 0 Å². The molecule has 0 spiro atoms. The van der Waals surface area contributed by atoms with Crippen molar-refractivity contribution in [3.05, 3.63) is 41.3 Å². The second-order valence-corrected chi connectivity index (χ2v) is 3.87. The number of anilines is 2. The Bertz CT molecular complexity index is 561. The van der Waals surface area contributed by atoms with Gasteiger partial charge in [0.05, 0.1) is 11.4 Å². The minimum absolute atomic E-state index is 0.239. The van der Waals surface area contributed by atoms with Crippen LogP contribution in [-0.2, 0) is 0 Å². The number of hydrogen-bond donors (Lipinski definition) is 2. The van der Waals surface area contributed by atoms with Gasteiger partial charge in [0.2, 0.25) is 0 Å². The van der Waals surface area contributed by atoms with Crippen molar-refractivity contribution in [2.45, 2.75) is 13.8 Å². The quantitative estimate of drug-likeness (QED) is 0.776. The Morgan fingerprint density at radius 2 is 2.12 bits per heavy atom. The van der Waals surface area contributed by atoms with Crippen molar-refractivity contribution < 1.29 is 9.32 Å². The molecule has 1 heterocycles. The third kappa shape index (κ3) is 2.44. The van der Waals surface area contributed by atoms with Crippen molar-refractivity contribution in [3.8, 4) is 0 Å². The summed E-state index contributed by atoms with van der Waals surface area (Å²) in [5.41, 5.74) is 8.12. The number of aryl methyl sites for hydroxylation is 2. The molecule has 0 bridgehead atoms. The number of rotatable bonds is 2. The van der Waals surface area contributed by atoms with Crippen LogP contribution < -0.4 is 11.1 Å². The molecule has 3 N–H and O–H groups in total. The van der Waals surface area contributed by atoms with Gasteiger partial charge in [0.15, 0.2) is 5.69 Å². The first kappa shape index (κ1) is 11.2. The van der Waals surface area contributed by atoms with E-state index in [0.717, 1.165) is 5.56 Å². The van der Waals surface area contributed by atoms with Crippen LogP contribution in [0.1, 0.15) is 21.8 Å². The Morgan fingerprint density at radius 1 is 1.35 bits per heavy atom. The maximum atomic E-state index is 11.8. The first-order valence-corrected chi connectivity index (χ1v) is 5.17. The second kappa shape index (κ2) is 4.29. The molecule has 17 heavy (non-hydrogen) atoms. The van der Waals surface area contributed by atoms with Crippen molar-refractivity contribution in [2.75, 3.05) is 11.1 Å². The van der Waals surface area contributed by atoms with Crippen LogP contribution in [-0.4, -0.2) is 11.1 Å². The highest BCUT2D eigenvalue weighted by atomic mass is 16.5. The summed E-state index contributed by atoms with van der Waals surface area (Å²) in [6.07, 6.45) is 0. The molecule has 5 nitrogen and oxygen atoms in total. The molecule has 1 amide bonds. The molecule has 88 valence electrons. The Morgan fingerprint density at radius 3 is 2.76 bits per heavy atom. The van der Waals surface area contributed by atoms with E-state index in [0.29, 0.717) is 17.1 Å². The van der Waals surface area contributed by atoms with Crippen LogP contribution in [0.25, 0.3) is 0 Å². The zero-order valence-electron chi connectivity index (χ0n) is 9.65. The molecule has 5 heteroatoms. The van der Waals surface area contributed by atoms with E-state index in [1.165, 1.54) is 0 Å². The predicted molar refractivity (Wildman–Crippen MR) is 64.8 cm³/mol. The monoisotopic (exact) mass is 231 g/mol. The number of aromatic nitrogens is 1. The molecule has 0 aliphatic heterocycles. The predicted octanol–water partition coefficient (Wildman–Crippen LogP) is 2.13. The van der Waals surface area contributed by atoms with E-state index in [1.54, 1.807) is 25.1 Å². The maximum Gasteiger partial charge on any atom is 0.277 e. The number of nitrogen functional groups attached to an aromatic ring is 1. The summed E-state index contributed by atoms with van der Waals surface area (Å²) in [6, 6.07) is 7.01. The summed E-state index contributed by atoms with van der Waals surface area (Å²) < 4.78 is 4.84. The summed E-state index contributed by atoms with van der Waals surface area (Å²) >= 11 is 0. The minimum atomic E-state index is -0.334. The highest BCUT2D eigenvalue weighted by molar-refractivity contribution is 6.04. The van der Waals surface area contributed by atoms with Gasteiger partial charge in [-0.25, -0.2) is 0 Å². The minimum Gasteiger partial charge on any atom is -0.397 e. The van der Waals surface area contributed by atoms with Gasteiger partial charge in [-0.05, 0) is 31.5 Å². The van der Waals surface area contributed by atoms with E-state index in [2.05, 4.69) is 10.5 Å². The zero-order chi connectivity index (χ0) is 12.4. The topological polar surface area (TPSA) is 81.1 Å². The Hall–Kier alpha value is -2.30. The van der Waals surface area contributed by atoms with Gasteiger partial charge in [0, 0.05) is 6.07 Å². The summed E-state index contributed by atoms with van der Waals surface area (Å²) in [6.45, 7) is 3.65. The molecular formula is C12H13N3O2. The van der Waals surface area contributed by atoms with Crippen molar-refractivity contribution in [1.29, 1.82) is 0 Å². The number of amides is 1. The van der Waals surface area contributed by atoms with Crippen molar-refractivity contribution in [3.63, 3.8) is 0 Å². The Labute approximate surface area is 98.6 Å². The molecule has 0 saturated heterocycles. The summed E-state index contributed by atoms with van der Waals surface area (Å²) in [4.78, 5) is 11.8. The second-order valence-electron chi connectivity index (χ2n) is 3.87. The first-order chi connectivity index (χ1) is 8.06. The van der Waals surface area contributed by atoms with E-state index in [4.69, 9.17) is 10.3 Å². The molecule has 0 radical (unpaired) electrons. The third-order valence-electron chi connectivity index (χ3n) is 2.32. The number of benzene rings is 1. The van der Waals surface area contributed by atoms with Crippen LogP contribution in [0.5, 0.6) is 0 Å². The summed E-state index contributed by atoms with van der Waals surface area (Å²) in [5.74, 6) is 0.256. The standard InChI is InChI=1S/C12H13N3O2/c1-7-3-4-9(13)10(5-7)14-12(16)11-6-8(2)17-15-11/h3-6H,13H2,1-2H3,(H,14,16). The lowest BCUT2D eigenvalue weighted by Gasteiger charge is -2.07. The molecule has 0 fully saturated rings. The fraction of sp³-hybridized carbons (Fsp3) is 0.167. The molecule has 0 unspecified atom stereocenters. The van der Waals surface area contributed by atoms with Gasteiger partial charge in [0.25, 0.3) is 5.91 Å². The Kier molecular flexibility index (Phi) is 2.82. The largest absolute Gasteiger partial charge is 0.397 e. The fourth-order valence-electron chi connectivity index (χ4n) is 1.44. The zero-order valence-corrected chi connectivity index (χ0v) is 9.65. The fourth-order valence-corrected chi connectivity index (χ4v) is 1.44. The van der Waals surface area contributed by atoms with Gasteiger partial charge >= 0.3 is 0 Å². The van der Waals surface area contributed by atoms with Gasteiger partial charge < -0.3 is 15.6 Å². The lowest BCUT2D eigenvalue weighted by atomic mass is 10.2. The molecule has 1 aromatic heterocycles. The molecule has 0 saturated carbocycles. The SMILES string of the molecule is Cc1ccc(N)c(NC(=O)c2cc(C)on2)c1. The number of hydrogen-bond acceptors (Lipinski definition) is 4. The summed E-state index contributed by atoms with van der Waals surface area (Å²) in [5, 5.41) is 6.33. The third-order valence-corrected chi connectivity index (χ3v) is 2.32. The number of carbonyl (C=O) groups is 1. The average molecular weight is 231 g/mol. The van der Waals surface area contributed by atoms with Crippen molar-refractivity contribution >= 4 is 17.3 Å².